The molecule has 2 rings (SSSR count). The number of aryl methyl sites for hydroxylation is 2. The van der Waals surface area contributed by atoms with Crippen molar-refractivity contribution in [3.05, 3.63) is 46.7 Å². The van der Waals surface area contributed by atoms with E-state index in [9.17, 15) is 4.39 Å². The summed E-state index contributed by atoms with van der Waals surface area (Å²) in [7, 11) is 0. The van der Waals surface area contributed by atoms with E-state index < -0.39 is 5.82 Å². The third-order valence-electron chi connectivity index (χ3n) is 2.72. The molecule has 2 aromatic rings. The summed E-state index contributed by atoms with van der Waals surface area (Å²) in [5.41, 5.74) is 1.79. The summed E-state index contributed by atoms with van der Waals surface area (Å²) < 4.78 is 19.2. The zero-order valence-corrected chi connectivity index (χ0v) is 10.9. The molecule has 0 N–H and O–H groups in total. The van der Waals surface area contributed by atoms with E-state index in [0.29, 0.717) is 11.7 Å². The van der Waals surface area contributed by atoms with Crippen LogP contribution in [0.5, 0.6) is 11.6 Å². The van der Waals surface area contributed by atoms with E-state index in [1.54, 1.807) is 6.92 Å². The van der Waals surface area contributed by atoms with Crippen molar-refractivity contribution in [2.45, 2.75) is 20.8 Å². The smallest absolute Gasteiger partial charge is 0.225 e. The predicted molar refractivity (Wildman–Crippen MR) is 67.4 cm³/mol. The fourth-order valence-corrected chi connectivity index (χ4v) is 1.59. The van der Waals surface area contributed by atoms with Crippen molar-refractivity contribution < 1.29 is 9.13 Å². The van der Waals surface area contributed by atoms with Gasteiger partial charge in [-0.3, -0.25) is 0 Å². The van der Waals surface area contributed by atoms with Gasteiger partial charge < -0.3 is 4.74 Å². The lowest BCUT2D eigenvalue weighted by Crippen LogP contribution is -2.00. The van der Waals surface area contributed by atoms with E-state index in [-0.39, 0.29) is 11.3 Å². The molecular weight excluding hydrogens is 245 g/mol. The molecule has 19 heavy (non-hydrogen) atoms. The Bertz CT molecular complexity index is 677. The van der Waals surface area contributed by atoms with E-state index in [1.165, 1.54) is 12.1 Å². The molecule has 5 heteroatoms. The number of rotatable bonds is 2. The number of nitrogens with zero attached hydrogens (tertiary/aromatic N) is 3. The topological polar surface area (TPSA) is 58.8 Å². The van der Waals surface area contributed by atoms with Gasteiger partial charge in [-0.1, -0.05) is 0 Å². The number of halogens is 1. The van der Waals surface area contributed by atoms with Crippen molar-refractivity contribution in [2.75, 3.05) is 0 Å². The van der Waals surface area contributed by atoms with E-state index >= 15 is 0 Å². The lowest BCUT2D eigenvalue weighted by Gasteiger charge is -2.10. The summed E-state index contributed by atoms with van der Waals surface area (Å²) in [5, 5.41) is 8.68. The number of ether oxygens (including phenoxy) is 1. The molecule has 1 heterocycles. The third-order valence-corrected chi connectivity index (χ3v) is 2.72. The first-order chi connectivity index (χ1) is 9.01. The van der Waals surface area contributed by atoms with Crippen molar-refractivity contribution in [3.63, 3.8) is 0 Å². The number of benzene rings is 1. The minimum Gasteiger partial charge on any atom is -0.436 e. The van der Waals surface area contributed by atoms with Crippen LogP contribution in [-0.4, -0.2) is 9.97 Å². The van der Waals surface area contributed by atoms with Gasteiger partial charge in [0, 0.05) is 11.3 Å². The fraction of sp³-hybridized carbons (Fsp3) is 0.214. The number of aromatic nitrogens is 2. The van der Waals surface area contributed by atoms with Crippen LogP contribution in [0, 0.1) is 37.9 Å². The Kier molecular flexibility index (Phi) is 3.43. The van der Waals surface area contributed by atoms with Crippen molar-refractivity contribution >= 4 is 0 Å². The standard InChI is InChI=1S/C14H12FN3O/c1-8-9(2)17-10(3)18-14(8)19-13-5-4-11(7-16)6-12(13)15/h4-6H,1-3H3. The summed E-state index contributed by atoms with van der Waals surface area (Å²) in [4.78, 5) is 8.34. The Morgan fingerprint density at radius 1 is 1.21 bits per heavy atom. The first-order valence-corrected chi connectivity index (χ1v) is 5.70. The van der Waals surface area contributed by atoms with E-state index in [0.717, 1.165) is 17.3 Å². The highest BCUT2D eigenvalue weighted by Crippen LogP contribution is 2.27. The van der Waals surface area contributed by atoms with Gasteiger partial charge in [-0.25, -0.2) is 9.37 Å². The molecular formula is C14H12FN3O. The van der Waals surface area contributed by atoms with E-state index in [2.05, 4.69) is 9.97 Å². The summed E-state index contributed by atoms with van der Waals surface area (Å²) in [6.45, 7) is 5.39. The molecule has 0 fully saturated rings. The second kappa shape index (κ2) is 5.02. The largest absolute Gasteiger partial charge is 0.436 e. The molecule has 1 aromatic carbocycles. The van der Waals surface area contributed by atoms with E-state index in [1.807, 2.05) is 19.9 Å². The highest BCUT2D eigenvalue weighted by atomic mass is 19.1. The van der Waals surface area contributed by atoms with Gasteiger partial charge in [-0.2, -0.15) is 10.2 Å². The highest BCUT2D eigenvalue weighted by Gasteiger charge is 2.11. The molecule has 0 aliphatic heterocycles. The Morgan fingerprint density at radius 3 is 2.58 bits per heavy atom. The normalized spacial score (nSPS) is 10.1. The zero-order valence-electron chi connectivity index (χ0n) is 10.9. The molecule has 0 saturated carbocycles. The van der Waals surface area contributed by atoms with E-state index in [4.69, 9.17) is 10.00 Å². The molecule has 0 radical (unpaired) electrons. The van der Waals surface area contributed by atoms with Crippen molar-refractivity contribution in [1.82, 2.24) is 9.97 Å². The summed E-state index contributed by atoms with van der Waals surface area (Å²) in [6.07, 6.45) is 0. The SMILES string of the molecule is Cc1nc(C)c(C)c(Oc2ccc(C#N)cc2F)n1. The van der Waals surface area contributed by atoms with Gasteiger partial charge in [0.1, 0.15) is 5.82 Å². The summed E-state index contributed by atoms with van der Waals surface area (Å²) in [6, 6.07) is 5.91. The van der Waals surface area contributed by atoms with Crippen LogP contribution in [-0.2, 0) is 0 Å². The third kappa shape index (κ3) is 2.68. The van der Waals surface area contributed by atoms with Gasteiger partial charge in [0.05, 0.1) is 11.6 Å². The van der Waals surface area contributed by atoms with Gasteiger partial charge in [-0.05, 0) is 39.0 Å². The maximum Gasteiger partial charge on any atom is 0.225 e. The van der Waals surface area contributed by atoms with Gasteiger partial charge in [0.15, 0.2) is 11.6 Å². The van der Waals surface area contributed by atoms with Crippen molar-refractivity contribution in [2.24, 2.45) is 0 Å². The van der Waals surface area contributed by atoms with Crippen molar-refractivity contribution in [1.29, 1.82) is 5.26 Å². The quantitative estimate of drug-likeness (QED) is 0.828. The summed E-state index contributed by atoms with van der Waals surface area (Å²) in [5.74, 6) is 0.340. The molecule has 0 aliphatic carbocycles. The molecule has 0 aliphatic rings. The predicted octanol–water partition coefficient (Wildman–Crippen LogP) is 3.20. The lowest BCUT2D eigenvalue weighted by atomic mass is 10.2. The fourth-order valence-electron chi connectivity index (χ4n) is 1.59. The summed E-state index contributed by atoms with van der Waals surface area (Å²) >= 11 is 0. The molecule has 96 valence electrons. The molecule has 0 spiro atoms. The molecule has 0 unspecified atom stereocenters. The van der Waals surface area contributed by atoms with Crippen LogP contribution in [0.3, 0.4) is 0 Å². The first-order valence-electron chi connectivity index (χ1n) is 5.70. The van der Waals surface area contributed by atoms with Crippen molar-refractivity contribution in [3.8, 4) is 17.7 Å². The van der Waals surface area contributed by atoms with Crippen LogP contribution in [0.25, 0.3) is 0 Å². The number of nitriles is 1. The monoisotopic (exact) mass is 257 g/mol. The Morgan fingerprint density at radius 2 is 1.95 bits per heavy atom. The molecule has 0 bridgehead atoms. The van der Waals surface area contributed by atoms with Crippen LogP contribution in [0.1, 0.15) is 22.6 Å². The average molecular weight is 257 g/mol. The van der Waals surface area contributed by atoms with Crippen LogP contribution in [0.4, 0.5) is 4.39 Å². The molecule has 4 nitrogen and oxygen atoms in total. The Labute approximate surface area is 110 Å². The number of hydrogen-bond acceptors (Lipinski definition) is 4. The average Bonchev–Trinajstić information content (AvgIpc) is 2.37. The number of hydrogen-bond donors (Lipinski definition) is 0. The minimum atomic E-state index is -0.590. The highest BCUT2D eigenvalue weighted by molar-refractivity contribution is 5.39. The minimum absolute atomic E-state index is 0.0413. The van der Waals surface area contributed by atoms with Crippen LogP contribution in [0.2, 0.25) is 0 Å². The van der Waals surface area contributed by atoms with Gasteiger partial charge in [0.2, 0.25) is 5.88 Å². The Hall–Kier alpha value is -2.48. The Balaban J connectivity index is 2.39. The molecule has 0 saturated heterocycles. The maximum absolute atomic E-state index is 13.7. The first kappa shape index (κ1) is 13.0. The van der Waals surface area contributed by atoms with Gasteiger partial charge >= 0.3 is 0 Å². The molecule has 0 amide bonds. The molecule has 0 atom stereocenters. The zero-order chi connectivity index (χ0) is 14.0. The molecule has 1 aromatic heterocycles. The van der Waals surface area contributed by atoms with Gasteiger partial charge in [0.25, 0.3) is 0 Å². The lowest BCUT2D eigenvalue weighted by molar-refractivity contribution is 0.421. The maximum atomic E-state index is 13.7. The second-order valence-corrected chi connectivity index (χ2v) is 4.15. The second-order valence-electron chi connectivity index (χ2n) is 4.15. The van der Waals surface area contributed by atoms with Crippen LogP contribution < -0.4 is 4.74 Å². The van der Waals surface area contributed by atoms with Crippen LogP contribution in [0.15, 0.2) is 18.2 Å². The van der Waals surface area contributed by atoms with Gasteiger partial charge in [-0.15, -0.1) is 0 Å². The van der Waals surface area contributed by atoms with Crippen LogP contribution >= 0.6 is 0 Å².